The number of hydrogen-bond donors (Lipinski definition) is 1. The smallest absolute Gasteiger partial charge is 0.320 e. The monoisotopic (exact) mass is 597 g/mol. The van der Waals surface area contributed by atoms with E-state index in [1.54, 1.807) is 0 Å². The molecule has 0 aliphatic carbocycles. The second-order valence-electron chi connectivity index (χ2n) is 11.4. The van der Waals surface area contributed by atoms with E-state index in [1.165, 1.54) is 0 Å². The number of rotatable bonds is 10. The first-order valence-corrected chi connectivity index (χ1v) is 15.6. The van der Waals surface area contributed by atoms with Gasteiger partial charge in [0.15, 0.2) is 11.5 Å². The van der Waals surface area contributed by atoms with Crippen LogP contribution in [0.2, 0.25) is 0 Å². The lowest BCUT2D eigenvalue weighted by molar-refractivity contribution is 0.192. The van der Waals surface area contributed by atoms with Crippen molar-refractivity contribution in [1.82, 2.24) is 40.1 Å². The van der Waals surface area contributed by atoms with Crippen molar-refractivity contribution in [3.05, 3.63) is 108 Å². The van der Waals surface area contributed by atoms with E-state index in [-0.39, 0.29) is 6.03 Å². The Morgan fingerprint density at radius 3 is 2.36 bits per heavy atom. The maximum absolute atomic E-state index is 13.6. The number of tetrazole rings is 1. The number of unbranched alkanes of at least 4 members (excludes halogenated alkanes) is 1. The summed E-state index contributed by atoms with van der Waals surface area (Å²) < 4.78 is 2.22. The van der Waals surface area contributed by atoms with Crippen molar-refractivity contribution in [3.8, 4) is 22.5 Å². The molecule has 1 fully saturated rings. The van der Waals surface area contributed by atoms with Gasteiger partial charge in [-0.05, 0) is 57.7 Å². The number of carbonyl (C=O) groups is 1. The van der Waals surface area contributed by atoms with E-state index in [0.29, 0.717) is 31.3 Å². The van der Waals surface area contributed by atoms with Crippen molar-refractivity contribution in [2.75, 3.05) is 18.0 Å². The quantitative estimate of drug-likeness (QED) is 0.193. The van der Waals surface area contributed by atoms with Crippen molar-refractivity contribution >= 4 is 23.0 Å². The summed E-state index contributed by atoms with van der Waals surface area (Å²) in [5.74, 6) is 2.32. The van der Waals surface area contributed by atoms with Crippen molar-refractivity contribution in [1.29, 1.82) is 0 Å². The standard InChI is InChI=1S/C35H35N9O/c1-2-3-14-31-36-30-19-20-32(43-22-9-21-42(35(43)45)23-25-10-5-4-6-11-25)37-34(30)44(31)24-26-15-17-27(18-16-26)28-12-7-8-13-29(28)33-38-40-41-39-33/h4-8,10-13,15-20H,2-3,9,14,21-24H2,1H3,(H,38,39,40,41). The Hall–Kier alpha value is -5.38. The lowest BCUT2D eigenvalue weighted by Gasteiger charge is -2.35. The van der Waals surface area contributed by atoms with Crippen LogP contribution < -0.4 is 4.90 Å². The molecule has 45 heavy (non-hydrogen) atoms. The van der Waals surface area contributed by atoms with Gasteiger partial charge in [-0.25, -0.2) is 19.9 Å². The average Bonchev–Trinajstić information content (AvgIpc) is 3.74. The highest BCUT2D eigenvalue weighted by molar-refractivity contribution is 5.92. The molecular formula is C35H35N9O. The fraction of sp³-hybridized carbons (Fsp3) is 0.257. The second-order valence-corrected chi connectivity index (χ2v) is 11.4. The summed E-state index contributed by atoms with van der Waals surface area (Å²) in [6.07, 6.45) is 3.88. The minimum absolute atomic E-state index is 0.00814. The van der Waals surface area contributed by atoms with E-state index in [0.717, 1.165) is 77.0 Å². The zero-order chi connectivity index (χ0) is 30.6. The van der Waals surface area contributed by atoms with Gasteiger partial charge in [-0.15, -0.1) is 5.10 Å². The number of pyridine rings is 1. The Kier molecular flexibility index (Phi) is 8.01. The molecule has 4 heterocycles. The van der Waals surface area contributed by atoms with Crippen LogP contribution in [0.5, 0.6) is 0 Å². The number of nitrogens with zero attached hydrogens (tertiary/aromatic N) is 8. The van der Waals surface area contributed by atoms with Gasteiger partial charge in [0.05, 0.1) is 6.54 Å². The third-order valence-electron chi connectivity index (χ3n) is 8.35. The van der Waals surface area contributed by atoms with Crippen molar-refractivity contribution in [3.63, 3.8) is 0 Å². The fourth-order valence-electron chi connectivity index (χ4n) is 6.01. The average molecular weight is 598 g/mol. The molecule has 0 saturated carbocycles. The van der Waals surface area contributed by atoms with Crippen LogP contribution >= 0.6 is 0 Å². The molecule has 2 amide bonds. The normalized spacial score (nSPS) is 13.6. The van der Waals surface area contributed by atoms with E-state index in [4.69, 9.17) is 9.97 Å². The molecule has 0 spiro atoms. The highest BCUT2D eigenvalue weighted by Gasteiger charge is 2.28. The Morgan fingerprint density at radius 1 is 0.800 bits per heavy atom. The van der Waals surface area contributed by atoms with Gasteiger partial charge in [0.1, 0.15) is 17.2 Å². The van der Waals surface area contributed by atoms with Gasteiger partial charge < -0.3 is 9.47 Å². The van der Waals surface area contributed by atoms with E-state index < -0.39 is 0 Å². The van der Waals surface area contributed by atoms with Crippen LogP contribution in [0.15, 0.2) is 91.0 Å². The lowest BCUT2D eigenvalue weighted by atomic mass is 9.98. The van der Waals surface area contributed by atoms with Gasteiger partial charge in [-0.1, -0.05) is 92.2 Å². The molecule has 3 aromatic heterocycles. The summed E-state index contributed by atoms with van der Waals surface area (Å²) in [6, 6.07) is 30.7. The second kappa shape index (κ2) is 12.7. The number of H-pyrrole nitrogens is 1. The minimum atomic E-state index is -0.00814. The summed E-state index contributed by atoms with van der Waals surface area (Å²) in [5.41, 5.74) is 7.00. The summed E-state index contributed by atoms with van der Waals surface area (Å²) in [7, 11) is 0. The predicted molar refractivity (Wildman–Crippen MR) is 175 cm³/mol. The molecule has 7 rings (SSSR count). The fourth-order valence-corrected chi connectivity index (χ4v) is 6.01. The molecule has 0 unspecified atom stereocenters. The highest BCUT2D eigenvalue weighted by Crippen LogP contribution is 2.30. The lowest BCUT2D eigenvalue weighted by Crippen LogP contribution is -2.49. The van der Waals surface area contributed by atoms with Crippen LogP contribution in [0.1, 0.15) is 43.1 Å². The highest BCUT2D eigenvalue weighted by atomic mass is 16.2. The SMILES string of the molecule is CCCCc1nc2ccc(N3CCCN(Cc4ccccc4)C3=O)nc2n1Cc1ccc(-c2ccccc2-c2nnn[nH]2)cc1. The number of nitrogens with one attached hydrogen (secondary N) is 1. The molecule has 1 saturated heterocycles. The van der Waals surface area contributed by atoms with Crippen LogP contribution in [-0.2, 0) is 19.5 Å². The molecule has 6 aromatic rings. The number of carbonyl (C=O) groups excluding carboxylic acids is 1. The zero-order valence-corrected chi connectivity index (χ0v) is 25.3. The number of urea groups is 1. The molecule has 3 aromatic carbocycles. The number of hydrogen-bond acceptors (Lipinski definition) is 6. The molecule has 0 bridgehead atoms. The molecular weight excluding hydrogens is 562 g/mol. The maximum Gasteiger partial charge on any atom is 0.325 e. The third kappa shape index (κ3) is 5.91. The van der Waals surface area contributed by atoms with Crippen molar-refractivity contribution < 1.29 is 4.79 Å². The van der Waals surface area contributed by atoms with Gasteiger partial charge in [0, 0.05) is 31.6 Å². The number of aryl methyl sites for hydroxylation is 1. The summed E-state index contributed by atoms with van der Waals surface area (Å²) in [6.45, 7) is 4.80. The van der Waals surface area contributed by atoms with Crippen molar-refractivity contribution in [2.24, 2.45) is 0 Å². The van der Waals surface area contributed by atoms with E-state index in [9.17, 15) is 4.79 Å². The largest absolute Gasteiger partial charge is 0.325 e. The topological polar surface area (TPSA) is 109 Å². The molecule has 1 aliphatic heterocycles. The number of amides is 2. The van der Waals surface area contributed by atoms with Crippen LogP contribution in [0.3, 0.4) is 0 Å². The summed E-state index contributed by atoms with van der Waals surface area (Å²) in [4.78, 5) is 27.4. The number of imidazole rings is 1. The number of anilines is 1. The number of aromatic amines is 1. The Labute approximate surface area is 261 Å². The Balaban J connectivity index is 1.18. The maximum atomic E-state index is 13.6. The molecule has 0 radical (unpaired) electrons. The first kappa shape index (κ1) is 28.4. The van der Waals surface area contributed by atoms with E-state index >= 15 is 0 Å². The molecule has 10 heteroatoms. The van der Waals surface area contributed by atoms with Gasteiger partial charge in [0.2, 0.25) is 0 Å². The predicted octanol–water partition coefficient (Wildman–Crippen LogP) is 6.50. The first-order chi connectivity index (χ1) is 22.2. The molecule has 1 aliphatic rings. The van der Waals surface area contributed by atoms with Gasteiger partial charge >= 0.3 is 6.03 Å². The van der Waals surface area contributed by atoms with E-state index in [2.05, 4.69) is 74.6 Å². The minimum Gasteiger partial charge on any atom is -0.320 e. The summed E-state index contributed by atoms with van der Waals surface area (Å²) in [5, 5.41) is 14.5. The van der Waals surface area contributed by atoms with Gasteiger partial charge in [-0.2, -0.15) is 0 Å². The number of benzene rings is 3. The van der Waals surface area contributed by atoms with Crippen LogP contribution in [-0.4, -0.2) is 59.2 Å². The first-order valence-electron chi connectivity index (χ1n) is 15.6. The third-order valence-corrected chi connectivity index (χ3v) is 8.35. The molecule has 226 valence electrons. The molecule has 1 N–H and O–H groups in total. The van der Waals surface area contributed by atoms with E-state index in [1.807, 2.05) is 58.3 Å². The number of fused-ring (bicyclic) bond motifs is 1. The van der Waals surface area contributed by atoms with Crippen LogP contribution in [0.4, 0.5) is 10.6 Å². The van der Waals surface area contributed by atoms with Gasteiger partial charge in [-0.3, -0.25) is 4.90 Å². The summed E-state index contributed by atoms with van der Waals surface area (Å²) >= 11 is 0. The van der Waals surface area contributed by atoms with Gasteiger partial charge in [0.25, 0.3) is 0 Å². The molecule has 10 nitrogen and oxygen atoms in total. The number of aromatic nitrogens is 7. The zero-order valence-electron chi connectivity index (χ0n) is 25.3. The van der Waals surface area contributed by atoms with Crippen molar-refractivity contribution in [2.45, 2.75) is 45.7 Å². The van der Waals surface area contributed by atoms with Crippen LogP contribution in [0.25, 0.3) is 33.7 Å². The Bertz CT molecular complexity index is 1900. The molecule has 0 atom stereocenters. The van der Waals surface area contributed by atoms with Crippen LogP contribution in [0, 0.1) is 0 Å². The Morgan fingerprint density at radius 2 is 1.58 bits per heavy atom.